The van der Waals surface area contributed by atoms with Crippen LogP contribution in [0.3, 0.4) is 0 Å². The monoisotopic (exact) mass is 934 g/mol. The van der Waals surface area contributed by atoms with Crippen LogP contribution in [-0.4, -0.2) is 12.3 Å². The van der Waals surface area contributed by atoms with Gasteiger partial charge in [0, 0.05) is 50.8 Å². The van der Waals surface area contributed by atoms with Crippen molar-refractivity contribution in [2.24, 2.45) is 11.3 Å². The van der Waals surface area contributed by atoms with E-state index in [1.165, 1.54) is 114 Å². The third-order valence-electron chi connectivity index (χ3n) is 17.8. The van der Waals surface area contributed by atoms with E-state index in [9.17, 15) is 0 Å². The Labute approximate surface area is 427 Å². The summed E-state index contributed by atoms with van der Waals surface area (Å²) in [5.74, 6) is 0.641. The number of hydrogen-bond acceptors (Lipinski definition) is 3. The first kappa shape index (κ1) is 47.3. The Kier molecular flexibility index (Phi) is 10.7. The lowest BCUT2D eigenvalue weighted by molar-refractivity contribution is 0.0786. The van der Waals surface area contributed by atoms with Crippen LogP contribution in [0.5, 0.6) is 0 Å². The Morgan fingerprint density at radius 1 is 0.493 bits per heavy atom. The topological polar surface area (TPSA) is 9.72 Å². The maximum Gasteiger partial charge on any atom is 0.252 e. The predicted molar refractivity (Wildman–Crippen MR) is 308 cm³/mol. The summed E-state index contributed by atoms with van der Waals surface area (Å²) in [7, 11) is 0. The van der Waals surface area contributed by atoms with E-state index >= 15 is 0 Å². The Bertz CT molecular complexity index is 3230. The van der Waals surface area contributed by atoms with Gasteiger partial charge in [0.15, 0.2) is 0 Å². The molecule has 0 aromatic heterocycles. The summed E-state index contributed by atoms with van der Waals surface area (Å²) < 4.78 is 0. The molecule has 3 aliphatic heterocycles. The molecule has 7 aromatic rings. The smallest absolute Gasteiger partial charge is 0.252 e. The molecule has 3 atom stereocenters. The SMILES string of the molecule is Cc1cc2c3c(c1)N(c1ccc(C(C)(C)C)cc1-c1ccccc1)c1ccccc1B3c1ccc(N3c4ccc(C(C)(C)C)cc4C4(C)CC(C(C)(C)C)CCC34C)cc1N2c1ccc(C(C)(C)C)cc1. The summed E-state index contributed by atoms with van der Waals surface area (Å²) in [6, 6.07) is 57.0. The summed E-state index contributed by atoms with van der Waals surface area (Å²) in [5, 5.41) is 0. The number of anilines is 8. The minimum atomic E-state index is -0.117. The first-order valence-corrected chi connectivity index (χ1v) is 26.6. The summed E-state index contributed by atoms with van der Waals surface area (Å²) in [6.45, 7) is 35.9. The van der Waals surface area contributed by atoms with Gasteiger partial charge in [0.25, 0.3) is 6.71 Å². The molecule has 1 aliphatic carbocycles. The first-order valence-electron chi connectivity index (χ1n) is 26.6. The predicted octanol–water partition coefficient (Wildman–Crippen LogP) is 16.7. The maximum absolute atomic E-state index is 2.80. The second kappa shape index (κ2) is 16.0. The van der Waals surface area contributed by atoms with Crippen molar-refractivity contribution < 1.29 is 0 Å². The Hall–Kier alpha value is -6.00. The van der Waals surface area contributed by atoms with Crippen molar-refractivity contribution in [2.45, 2.75) is 150 Å². The molecule has 3 nitrogen and oxygen atoms in total. The molecular weight excluding hydrogens is 858 g/mol. The fraction of sp³-hybridized carbons (Fsp3) is 0.373. The largest absolute Gasteiger partial charge is 0.334 e. The molecule has 0 spiro atoms. The van der Waals surface area contributed by atoms with E-state index in [-0.39, 0.29) is 39.3 Å². The molecule has 0 radical (unpaired) electrons. The lowest BCUT2D eigenvalue weighted by Gasteiger charge is -2.54. The number of fused-ring (bicyclic) bond motifs is 7. The summed E-state index contributed by atoms with van der Waals surface area (Å²) >= 11 is 0. The fourth-order valence-corrected chi connectivity index (χ4v) is 13.3. The number of benzene rings is 7. The zero-order valence-electron chi connectivity index (χ0n) is 45.5. The normalized spacial score (nSPS) is 20.6. The van der Waals surface area contributed by atoms with Crippen molar-refractivity contribution in [3.8, 4) is 11.1 Å². The van der Waals surface area contributed by atoms with Crippen LogP contribution in [-0.2, 0) is 21.7 Å². The highest BCUT2D eigenvalue weighted by Crippen LogP contribution is 2.64. The number of hydrogen-bond donors (Lipinski definition) is 0. The average molecular weight is 934 g/mol. The van der Waals surface area contributed by atoms with Gasteiger partial charge < -0.3 is 14.7 Å². The Morgan fingerprint density at radius 2 is 1.06 bits per heavy atom. The molecule has 0 bridgehead atoms. The van der Waals surface area contributed by atoms with Crippen molar-refractivity contribution in [3.05, 3.63) is 173 Å². The average Bonchev–Trinajstić information content (AvgIpc) is 3.52. The van der Waals surface area contributed by atoms with Crippen LogP contribution in [0.25, 0.3) is 11.1 Å². The molecule has 4 heteroatoms. The van der Waals surface area contributed by atoms with Crippen molar-refractivity contribution >= 4 is 68.6 Å². The van der Waals surface area contributed by atoms with Gasteiger partial charge in [-0.05, 0) is 171 Å². The van der Waals surface area contributed by atoms with E-state index in [0.717, 1.165) is 6.42 Å². The highest BCUT2D eigenvalue weighted by molar-refractivity contribution is 7.00. The van der Waals surface area contributed by atoms with Gasteiger partial charge >= 0.3 is 0 Å². The van der Waals surface area contributed by atoms with E-state index in [1.807, 2.05) is 0 Å². The van der Waals surface area contributed by atoms with Crippen molar-refractivity contribution in [1.29, 1.82) is 0 Å². The molecule has 362 valence electrons. The van der Waals surface area contributed by atoms with Crippen LogP contribution in [0.15, 0.2) is 146 Å². The van der Waals surface area contributed by atoms with E-state index in [1.54, 1.807) is 0 Å². The van der Waals surface area contributed by atoms with Gasteiger partial charge in [-0.1, -0.05) is 175 Å². The van der Waals surface area contributed by atoms with Crippen LogP contribution in [0, 0.1) is 18.3 Å². The van der Waals surface area contributed by atoms with Crippen LogP contribution >= 0.6 is 0 Å². The summed E-state index contributed by atoms with van der Waals surface area (Å²) in [5.41, 5.74) is 23.6. The molecule has 3 unspecified atom stereocenters. The molecule has 1 fully saturated rings. The standard InChI is InChI=1S/C67H76BN3/c1-43-37-59-61-60(38-43)70(55-33-27-46(63(5,6)7)39-51(55)44-21-17-16-18-22-44)57-24-20-19-23-53(57)68(61)54-32-31-50(41-58(54)69(59)49-29-25-45(26-30-49)62(2,3)4)71-56-34-28-47(64(8,9)10)40-52(56)66(14)42-48(65(11,12)13)35-36-67(66,71)15/h16-34,37-41,48H,35-36,42H2,1-15H3. The van der Waals surface area contributed by atoms with Gasteiger partial charge in [0.05, 0.1) is 11.2 Å². The second-order valence-electron chi connectivity index (χ2n) is 26.5. The highest BCUT2D eigenvalue weighted by atomic mass is 15.3. The molecule has 7 aromatic carbocycles. The van der Waals surface area contributed by atoms with Crippen molar-refractivity contribution in [1.82, 2.24) is 0 Å². The summed E-state index contributed by atoms with van der Waals surface area (Å²) in [6.07, 6.45) is 3.54. The molecule has 0 amide bonds. The van der Waals surface area contributed by atoms with E-state index in [2.05, 4.69) is 264 Å². The third-order valence-corrected chi connectivity index (χ3v) is 17.8. The quantitative estimate of drug-likeness (QED) is 0.163. The second-order valence-corrected chi connectivity index (χ2v) is 26.5. The van der Waals surface area contributed by atoms with Gasteiger partial charge in [0.1, 0.15) is 0 Å². The molecule has 71 heavy (non-hydrogen) atoms. The molecule has 1 saturated carbocycles. The van der Waals surface area contributed by atoms with Gasteiger partial charge in [0.2, 0.25) is 0 Å². The molecule has 0 N–H and O–H groups in total. The van der Waals surface area contributed by atoms with E-state index in [0.29, 0.717) is 5.92 Å². The van der Waals surface area contributed by atoms with Crippen molar-refractivity contribution in [2.75, 3.05) is 14.7 Å². The Balaban J connectivity index is 1.16. The molecule has 11 rings (SSSR count). The van der Waals surface area contributed by atoms with Gasteiger partial charge in [-0.2, -0.15) is 0 Å². The third kappa shape index (κ3) is 7.43. The van der Waals surface area contributed by atoms with Crippen molar-refractivity contribution in [3.63, 3.8) is 0 Å². The number of aryl methyl sites for hydroxylation is 1. The fourth-order valence-electron chi connectivity index (χ4n) is 13.3. The summed E-state index contributed by atoms with van der Waals surface area (Å²) in [4.78, 5) is 8.02. The van der Waals surface area contributed by atoms with E-state index in [4.69, 9.17) is 0 Å². The molecule has 0 saturated heterocycles. The first-order chi connectivity index (χ1) is 33.4. The lowest BCUT2D eigenvalue weighted by atomic mass is 9.33. The van der Waals surface area contributed by atoms with Crippen LogP contribution in [0.1, 0.15) is 144 Å². The number of para-hydroxylation sites is 1. The molecule has 3 heterocycles. The Morgan fingerprint density at radius 3 is 1.70 bits per heavy atom. The minimum Gasteiger partial charge on any atom is -0.334 e. The van der Waals surface area contributed by atoms with E-state index < -0.39 is 0 Å². The van der Waals surface area contributed by atoms with Gasteiger partial charge in [-0.3, -0.25) is 0 Å². The maximum atomic E-state index is 2.80. The zero-order valence-corrected chi connectivity index (χ0v) is 45.5. The number of nitrogens with zero attached hydrogens (tertiary/aromatic N) is 3. The number of rotatable bonds is 4. The minimum absolute atomic E-state index is 0.00451. The molecular formula is C67H76BN3. The molecule has 4 aliphatic rings. The zero-order chi connectivity index (χ0) is 50.4. The van der Waals surface area contributed by atoms with Gasteiger partial charge in [-0.25, -0.2) is 0 Å². The van der Waals surface area contributed by atoms with Crippen LogP contribution in [0.2, 0.25) is 0 Å². The highest BCUT2D eigenvalue weighted by Gasteiger charge is 2.60. The van der Waals surface area contributed by atoms with Crippen LogP contribution in [0.4, 0.5) is 45.5 Å². The van der Waals surface area contributed by atoms with Crippen LogP contribution < -0.4 is 31.1 Å². The van der Waals surface area contributed by atoms with Gasteiger partial charge in [-0.15, -0.1) is 0 Å². The lowest BCUT2D eigenvalue weighted by Crippen LogP contribution is -2.61.